The Kier molecular flexibility index (Phi) is 7.67. The minimum absolute atomic E-state index is 0.00927. The molecule has 0 spiro atoms. The molecule has 3 aromatic rings. The second-order valence-electron chi connectivity index (χ2n) is 8.99. The number of alkyl halides is 3. The van der Waals surface area contributed by atoms with E-state index in [0.29, 0.717) is 12.6 Å². The molecule has 14 heteroatoms. The van der Waals surface area contributed by atoms with Crippen LogP contribution in [0.2, 0.25) is 0 Å². The third-order valence-corrected chi connectivity index (χ3v) is 11.5. The van der Waals surface area contributed by atoms with Gasteiger partial charge in [0, 0.05) is 25.3 Å². The van der Waals surface area contributed by atoms with Gasteiger partial charge in [0.15, 0.2) is 15.4 Å². The number of sulfone groups is 1. The average molecular weight is 593 g/mol. The molecule has 2 heterocycles. The van der Waals surface area contributed by atoms with Gasteiger partial charge in [-0.05, 0) is 60.3 Å². The van der Waals surface area contributed by atoms with E-state index in [1.54, 1.807) is 16.3 Å². The van der Waals surface area contributed by atoms with Crippen LogP contribution in [0.25, 0.3) is 0 Å². The molecule has 7 nitrogen and oxygen atoms in total. The van der Waals surface area contributed by atoms with Gasteiger partial charge in [-0.2, -0.15) is 17.5 Å². The van der Waals surface area contributed by atoms with Gasteiger partial charge in [0.05, 0.1) is 16.7 Å². The molecular weight excluding hydrogens is 568 g/mol. The van der Waals surface area contributed by atoms with E-state index in [9.17, 15) is 39.5 Å². The van der Waals surface area contributed by atoms with Gasteiger partial charge in [-0.15, -0.1) is 11.3 Å². The van der Waals surface area contributed by atoms with Crippen LogP contribution >= 0.6 is 11.3 Å². The summed E-state index contributed by atoms with van der Waals surface area (Å²) in [5.41, 5.74) is -3.13. The van der Waals surface area contributed by atoms with Gasteiger partial charge in [0.25, 0.3) is 10.0 Å². The fourth-order valence-electron chi connectivity index (χ4n) is 4.20. The molecule has 0 saturated carbocycles. The maximum absolute atomic E-state index is 13.4. The Balaban J connectivity index is 1.67. The van der Waals surface area contributed by atoms with E-state index in [0.717, 1.165) is 47.7 Å². The van der Waals surface area contributed by atoms with E-state index < -0.39 is 54.8 Å². The summed E-state index contributed by atoms with van der Waals surface area (Å²) in [6, 6.07) is 11.2. The molecule has 1 fully saturated rings. The van der Waals surface area contributed by atoms with Crippen LogP contribution in [0.15, 0.2) is 75.1 Å². The number of hydrogen-bond acceptors (Lipinski definition) is 7. The SMILES string of the molecule is C[C@@](O)(c1ccc(N2CCN(S(=O)(=O)c3cccs3)C[C@@H]2CS(=O)(=O)c2ccc(F)cc2)cc1)C(F)(F)F. The van der Waals surface area contributed by atoms with Crippen molar-refractivity contribution in [2.75, 3.05) is 30.3 Å². The number of sulfonamides is 1. The van der Waals surface area contributed by atoms with Crippen molar-refractivity contribution in [3.8, 4) is 0 Å². The van der Waals surface area contributed by atoms with Crippen molar-refractivity contribution in [2.24, 2.45) is 0 Å². The van der Waals surface area contributed by atoms with Crippen LogP contribution in [0.4, 0.5) is 23.2 Å². The lowest BCUT2D eigenvalue weighted by Crippen LogP contribution is -2.57. The topological polar surface area (TPSA) is 95.0 Å². The van der Waals surface area contributed by atoms with E-state index in [-0.39, 0.29) is 28.7 Å². The lowest BCUT2D eigenvalue weighted by atomic mass is 9.95. The highest BCUT2D eigenvalue weighted by atomic mass is 32.2. The van der Waals surface area contributed by atoms with Gasteiger partial charge in [-0.25, -0.2) is 21.2 Å². The first kappa shape index (κ1) is 28.5. The third kappa shape index (κ3) is 5.59. The number of piperazine rings is 1. The van der Waals surface area contributed by atoms with Gasteiger partial charge in [0.1, 0.15) is 10.0 Å². The summed E-state index contributed by atoms with van der Waals surface area (Å²) in [4.78, 5) is 1.47. The minimum Gasteiger partial charge on any atom is -0.376 e. The highest BCUT2D eigenvalue weighted by Gasteiger charge is 2.51. The van der Waals surface area contributed by atoms with Gasteiger partial charge >= 0.3 is 6.18 Å². The Hall–Kier alpha value is -2.52. The number of benzene rings is 2. The summed E-state index contributed by atoms with van der Waals surface area (Å²) in [5, 5.41) is 11.6. The van der Waals surface area contributed by atoms with Crippen molar-refractivity contribution in [3.63, 3.8) is 0 Å². The number of halogens is 4. The van der Waals surface area contributed by atoms with Crippen LogP contribution in [0, 0.1) is 5.82 Å². The summed E-state index contributed by atoms with van der Waals surface area (Å²) >= 11 is 1.03. The summed E-state index contributed by atoms with van der Waals surface area (Å²) in [5.74, 6) is -1.15. The number of aliphatic hydroxyl groups is 1. The van der Waals surface area contributed by atoms with E-state index in [1.165, 1.54) is 22.5 Å². The highest BCUT2D eigenvalue weighted by Crippen LogP contribution is 2.39. The molecule has 206 valence electrons. The Morgan fingerprint density at radius 3 is 2.16 bits per heavy atom. The third-order valence-electron chi connectivity index (χ3n) is 6.43. The van der Waals surface area contributed by atoms with Crippen molar-refractivity contribution in [1.29, 1.82) is 0 Å². The molecule has 1 aliphatic heterocycles. The lowest BCUT2D eigenvalue weighted by molar-refractivity contribution is -0.258. The molecule has 1 aromatic heterocycles. The molecular formula is C24H24F4N2O5S3. The minimum atomic E-state index is -4.91. The van der Waals surface area contributed by atoms with E-state index in [4.69, 9.17) is 0 Å². The van der Waals surface area contributed by atoms with E-state index >= 15 is 0 Å². The number of nitrogens with zero attached hydrogens (tertiary/aromatic N) is 2. The van der Waals surface area contributed by atoms with Gasteiger partial charge < -0.3 is 10.0 Å². The molecule has 2 atom stereocenters. The number of hydrogen-bond donors (Lipinski definition) is 1. The fourth-order valence-corrected chi connectivity index (χ4v) is 8.35. The first-order chi connectivity index (χ1) is 17.6. The maximum Gasteiger partial charge on any atom is 0.421 e. The van der Waals surface area contributed by atoms with Crippen LogP contribution in [0.3, 0.4) is 0 Å². The van der Waals surface area contributed by atoms with Crippen molar-refractivity contribution in [1.82, 2.24) is 4.31 Å². The van der Waals surface area contributed by atoms with Crippen molar-refractivity contribution in [2.45, 2.75) is 33.8 Å². The number of rotatable bonds is 7. The summed E-state index contributed by atoms with van der Waals surface area (Å²) in [6.45, 7) is 0.496. The smallest absolute Gasteiger partial charge is 0.376 e. The molecule has 1 saturated heterocycles. The molecule has 0 unspecified atom stereocenters. The zero-order chi connectivity index (χ0) is 27.9. The van der Waals surface area contributed by atoms with Gasteiger partial charge in [-0.1, -0.05) is 18.2 Å². The normalized spacial score (nSPS) is 19.3. The van der Waals surface area contributed by atoms with E-state index in [2.05, 4.69) is 0 Å². The maximum atomic E-state index is 13.4. The summed E-state index contributed by atoms with van der Waals surface area (Å²) in [6.07, 6.45) is -4.91. The lowest BCUT2D eigenvalue weighted by Gasteiger charge is -2.42. The molecule has 0 radical (unpaired) electrons. The molecule has 0 amide bonds. The molecule has 2 aromatic carbocycles. The van der Waals surface area contributed by atoms with Gasteiger partial charge in [-0.3, -0.25) is 0 Å². The second kappa shape index (κ2) is 10.2. The van der Waals surface area contributed by atoms with Gasteiger partial charge in [0.2, 0.25) is 0 Å². The predicted octanol–water partition coefficient (Wildman–Crippen LogP) is 4.01. The Morgan fingerprint density at radius 1 is 0.974 bits per heavy atom. The standard InChI is InChI=1S/C24H24F4N2O5S3/c1-23(31,24(26,27)28)17-4-8-19(9-5-17)30-13-12-29(38(34,35)22-3-2-14-36-22)15-20(30)16-37(32,33)21-10-6-18(25)7-11-21/h2-11,14,20,31H,12-13,15-16H2,1H3/t20-,23-/m1/s1. The van der Waals surface area contributed by atoms with Crippen molar-refractivity contribution in [3.05, 3.63) is 77.4 Å². The predicted molar refractivity (Wildman–Crippen MR) is 135 cm³/mol. The first-order valence-corrected chi connectivity index (χ1v) is 15.3. The monoisotopic (exact) mass is 592 g/mol. The first-order valence-electron chi connectivity index (χ1n) is 11.3. The quantitative estimate of drug-likeness (QED) is 0.329. The molecule has 4 rings (SSSR count). The Labute approximate surface area is 221 Å². The zero-order valence-corrected chi connectivity index (χ0v) is 22.4. The van der Waals surface area contributed by atoms with Crippen LogP contribution in [0.1, 0.15) is 12.5 Å². The van der Waals surface area contributed by atoms with E-state index in [1.807, 2.05) is 0 Å². The summed E-state index contributed by atoms with van der Waals surface area (Å²) in [7, 11) is -7.91. The van der Waals surface area contributed by atoms with Crippen molar-refractivity contribution < 1.29 is 39.5 Å². The van der Waals surface area contributed by atoms with Crippen LogP contribution in [0.5, 0.6) is 0 Å². The molecule has 1 N–H and O–H groups in total. The van der Waals surface area contributed by atoms with Crippen LogP contribution in [-0.4, -0.2) is 63.9 Å². The Bertz CT molecular complexity index is 1470. The van der Waals surface area contributed by atoms with Crippen LogP contribution in [-0.2, 0) is 25.5 Å². The zero-order valence-electron chi connectivity index (χ0n) is 20.0. The molecule has 0 bridgehead atoms. The fraction of sp³-hybridized carbons (Fsp3) is 0.333. The highest BCUT2D eigenvalue weighted by molar-refractivity contribution is 7.91. The van der Waals surface area contributed by atoms with Crippen molar-refractivity contribution >= 4 is 36.9 Å². The molecule has 0 aliphatic carbocycles. The molecule has 1 aliphatic rings. The largest absolute Gasteiger partial charge is 0.421 e. The summed E-state index contributed by atoms with van der Waals surface area (Å²) < 4.78 is 107. The second-order valence-corrected chi connectivity index (χ2v) is 14.1. The van der Waals surface area contributed by atoms with Crippen LogP contribution < -0.4 is 4.90 Å². The molecule has 38 heavy (non-hydrogen) atoms. The number of thiophene rings is 1. The Morgan fingerprint density at radius 2 is 1.61 bits per heavy atom. The number of anilines is 1. The average Bonchev–Trinajstić information content (AvgIpc) is 3.39.